The molecule has 0 fully saturated rings. The van der Waals surface area contributed by atoms with Gasteiger partial charge in [-0.15, -0.1) is 0 Å². The van der Waals surface area contributed by atoms with E-state index in [9.17, 15) is 10.1 Å². The van der Waals surface area contributed by atoms with E-state index in [0.29, 0.717) is 31.3 Å². The van der Waals surface area contributed by atoms with Crippen LogP contribution in [0.3, 0.4) is 0 Å². The molecule has 1 aromatic heterocycles. The number of hydrogen-bond acceptors (Lipinski definition) is 6. The molecule has 112 valence electrons. The van der Waals surface area contributed by atoms with Crippen molar-refractivity contribution in [2.75, 3.05) is 37.0 Å². The van der Waals surface area contributed by atoms with E-state index in [1.54, 1.807) is 0 Å². The van der Waals surface area contributed by atoms with Crippen molar-refractivity contribution in [3.63, 3.8) is 0 Å². The number of nitrogens with one attached hydrogen (secondary N) is 1. The molecule has 7 nitrogen and oxygen atoms in total. The second kappa shape index (κ2) is 7.64. The Bertz CT molecular complexity index is 451. The molecule has 1 aromatic rings. The van der Waals surface area contributed by atoms with E-state index in [4.69, 9.17) is 4.74 Å². The van der Waals surface area contributed by atoms with Gasteiger partial charge in [0.05, 0.1) is 29.8 Å². The van der Waals surface area contributed by atoms with Gasteiger partial charge in [-0.1, -0.05) is 0 Å². The van der Waals surface area contributed by atoms with Crippen molar-refractivity contribution in [1.29, 1.82) is 0 Å². The quantitative estimate of drug-likeness (QED) is 0.582. The summed E-state index contributed by atoms with van der Waals surface area (Å²) in [7, 11) is 1.84. The average Bonchev–Trinajstić information content (AvgIpc) is 2.38. The van der Waals surface area contributed by atoms with Crippen LogP contribution in [-0.2, 0) is 4.74 Å². The zero-order chi connectivity index (χ0) is 15.1. The first-order valence-corrected chi connectivity index (χ1v) is 6.67. The van der Waals surface area contributed by atoms with E-state index < -0.39 is 4.92 Å². The van der Waals surface area contributed by atoms with Gasteiger partial charge in [0.25, 0.3) is 5.69 Å². The van der Waals surface area contributed by atoms with Crippen LogP contribution in [0.25, 0.3) is 0 Å². The zero-order valence-electron chi connectivity index (χ0n) is 12.4. The monoisotopic (exact) mass is 282 g/mol. The van der Waals surface area contributed by atoms with Gasteiger partial charge in [-0.3, -0.25) is 10.1 Å². The standard InChI is InChI=1S/C13H22N4O3/c1-5-14-12-8-11(17(18)19)9-13(15-12)16(4)6-7-20-10(2)3/h8-10H,5-7H2,1-4H3,(H,14,15). The predicted octanol–water partition coefficient (Wildman–Crippen LogP) is 2.28. The molecule has 0 aromatic carbocycles. The molecule has 1 rings (SSSR count). The van der Waals surface area contributed by atoms with Crippen molar-refractivity contribution in [3.05, 3.63) is 22.2 Å². The second-order valence-electron chi connectivity index (χ2n) is 4.70. The lowest BCUT2D eigenvalue weighted by Gasteiger charge is -2.19. The molecular formula is C13H22N4O3. The van der Waals surface area contributed by atoms with Crippen LogP contribution in [0.2, 0.25) is 0 Å². The summed E-state index contributed by atoms with van der Waals surface area (Å²) < 4.78 is 5.47. The molecule has 0 aliphatic rings. The molecule has 0 atom stereocenters. The Labute approximate surface area is 119 Å². The van der Waals surface area contributed by atoms with E-state index in [-0.39, 0.29) is 11.8 Å². The fraction of sp³-hybridized carbons (Fsp3) is 0.615. The van der Waals surface area contributed by atoms with Crippen molar-refractivity contribution in [2.45, 2.75) is 26.9 Å². The number of aromatic nitrogens is 1. The maximum atomic E-state index is 10.9. The first-order valence-electron chi connectivity index (χ1n) is 6.67. The Morgan fingerprint density at radius 1 is 1.50 bits per heavy atom. The lowest BCUT2D eigenvalue weighted by atomic mass is 10.3. The minimum absolute atomic E-state index is 0.0302. The third-order valence-electron chi connectivity index (χ3n) is 2.63. The Morgan fingerprint density at radius 3 is 2.75 bits per heavy atom. The molecule has 0 spiro atoms. The van der Waals surface area contributed by atoms with Gasteiger partial charge < -0.3 is 15.0 Å². The third kappa shape index (κ3) is 5.00. The first kappa shape index (κ1) is 16.2. The maximum Gasteiger partial charge on any atom is 0.276 e. The number of anilines is 2. The summed E-state index contributed by atoms with van der Waals surface area (Å²) in [6.07, 6.45) is 0.166. The van der Waals surface area contributed by atoms with Gasteiger partial charge in [-0.05, 0) is 20.8 Å². The molecule has 0 bridgehead atoms. The third-order valence-corrected chi connectivity index (χ3v) is 2.63. The zero-order valence-corrected chi connectivity index (χ0v) is 12.4. The van der Waals surface area contributed by atoms with Crippen molar-refractivity contribution in [3.8, 4) is 0 Å². The molecule has 0 amide bonds. The van der Waals surface area contributed by atoms with Crippen LogP contribution in [0, 0.1) is 10.1 Å². The first-order chi connectivity index (χ1) is 9.43. The minimum atomic E-state index is -0.412. The number of nitrogens with zero attached hydrogens (tertiary/aromatic N) is 3. The van der Waals surface area contributed by atoms with Crippen molar-refractivity contribution in [1.82, 2.24) is 4.98 Å². The Morgan fingerprint density at radius 2 is 2.20 bits per heavy atom. The van der Waals surface area contributed by atoms with E-state index in [2.05, 4.69) is 10.3 Å². The Kier molecular flexibility index (Phi) is 6.17. The fourth-order valence-corrected chi connectivity index (χ4v) is 1.61. The van der Waals surface area contributed by atoms with Gasteiger partial charge in [-0.2, -0.15) is 0 Å². The molecule has 0 saturated carbocycles. The van der Waals surface area contributed by atoms with Gasteiger partial charge >= 0.3 is 0 Å². The topological polar surface area (TPSA) is 80.5 Å². The number of nitro groups is 1. The van der Waals surface area contributed by atoms with Crippen LogP contribution in [0.4, 0.5) is 17.3 Å². The van der Waals surface area contributed by atoms with Crippen LogP contribution < -0.4 is 10.2 Å². The predicted molar refractivity (Wildman–Crippen MR) is 79.4 cm³/mol. The van der Waals surface area contributed by atoms with E-state index in [1.165, 1.54) is 12.1 Å². The summed E-state index contributed by atoms with van der Waals surface area (Å²) in [6.45, 7) is 7.69. The highest BCUT2D eigenvalue weighted by Gasteiger charge is 2.13. The summed E-state index contributed by atoms with van der Waals surface area (Å²) in [6, 6.07) is 2.90. The number of ether oxygens (including phenoxy) is 1. The number of pyridine rings is 1. The Balaban J connectivity index is 2.83. The van der Waals surface area contributed by atoms with Crippen LogP contribution in [0.1, 0.15) is 20.8 Å². The molecule has 7 heteroatoms. The molecule has 0 aliphatic carbocycles. The largest absolute Gasteiger partial charge is 0.377 e. The molecule has 1 heterocycles. The fourth-order valence-electron chi connectivity index (χ4n) is 1.61. The van der Waals surface area contributed by atoms with Crippen LogP contribution in [-0.4, -0.2) is 42.8 Å². The van der Waals surface area contributed by atoms with E-state index in [0.717, 1.165) is 0 Å². The molecule has 0 aliphatic heterocycles. The smallest absolute Gasteiger partial charge is 0.276 e. The normalized spacial score (nSPS) is 10.7. The van der Waals surface area contributed by atoms with Gasteiger partial charge in [0.1, 0.15) is 11.6 Å². The SMILES string of the molecule is CCNc1cc([N+](=O)[O-])cc(N(C)CCOC(C)C)n1. The number of likely N-dealkylation sites (N-methyl/N-ethyl adjacent to an activating group) is 1. The average molecular weight is 282 g/mol. The second-order valence-corrected chi connectivity index (χ2v) is 4.70. The number of rotatable bonds is 8. The number of hydrogen-bond donors (Lipinski definition) is 1. The highest BCUT2D eigenvalue weighted by atomic mass is 16.6. The molecular weight excluding hydrogens is 260 g/mol. The molecule has 0 saturated heterocycles. The highest BCUT2D eigenvalue weighted by molar-refractivity contribution is 5.55. The van der Waals surface area contributed by atoms with Gasteiger partial charge in [0.2, 0.25) is 0 Å². The van der Waals surface area contributed by atoms with E-state index in [1.807, 2.05) is 32.7 Å². The van der Waals surface area contributed by atoms with Gasteiger partial charge in [0, 0.05) is 20.1 Å². The molecule has 1 N–H and O–H groups in total. The van der Waals surface area contributed by atoms with E-state index >= 15 is 0 Å². The van der Waals surface area contributed by atoms with Crippen molar-refractivity contribution in [2.24, 2.45) is 0 Å². The van der Waals surface area contributed by atoms with Crippen LogP contribution in [0.15, 0.2) is 12.1 Å². The van der Waals surface area contributed by atoms with Crippen molar-refractivity contribution >= 4 is 17.3 Å². The summed E-state index contributed by atoms with van der Waals surface area (Å²) in [5, 5.41) is 13.9. The molecule has 20 heavy (non-hydrogen) atoms. The maximum absolute atomic E-state index is 10.9. The lowest BCUT2D eigenvalue weighted by Crippen LogP contribution is -2.25. The van der Waals surface area contributed by atoms with Gasteiger partial charge in [-0.25, -0.2) is 4.98 Å². The lowest BCUT2D eigenvalue weighted by molar-refractivity contribution is -0.384. The van der Waals surface area contributed by atoms with Crippen molar-refractivity contribution < 1.29 is 9.66 Å². The summed E-state index contributed by atoms with van der Waals surface area (Å²) in [5.74, 6) is 1.07. The minimum Gasteiger partial charge on any atom is -0.377 e. The molecule has 0 unspecified atom stereocenters. The Hall–Kier alpha value is -1.89. The van der Waals surface area contributed by atoms with Crippen LogP contribution in [0.5, 0.6) is 0 Å². The summed E-state index contributed by atoms with van der Waals surface area (Å²) in [4.78, 5) is 16.7. The highest BCUT2D eigenvalue weighted by Crippen LogP contribution is 2.22. The summed E-state index contributed by atoms with van der Waals surface area (Å²) >= 11 is 0. The van der Waals surface area contributed by atoms with Crippen LogP contribution >= 0.6 is 0 Å². The molecule has 0 radical (unpaired) electrons. The summed E-state index contributed by atoms with van der Waals surface area (Å²) in [5.41, 5.74) is 0.0302. The van der Waals surface area contributed by atoms with Gasteiger partial charge in [0.15, 0.2) is 0 Å².